The van der Waals surface area contributed by atoms with Gasteiger partial charge in [-0.25, -0.2) is 9.97 Å². The first-order chi connectivity index (χ1) is 16.1. The molecular formula is C24H19ClN6O2. The van der Waals surface area contributed by atoms with Crippen LogP contribution >= 0.6 is 11.6 Å². The number of nitrogens with one attached hydrogen (secondary N) is 2. The summed E-state index contributed by atoms with van der Waals surface area (Å²) in [4.78, 5) is 24.7. The Bertz CT molecular complexity index is 1390. The number of carbonyl (C=O) groups excluding carboxylic acids is 1. The van der Waals surface area contributed by atoms with Gasteiger partial charge in [-0.15, -0.1) is 0 Å². The summed E-state index contributed by atoms with van der Waals surface area (Å²) in [6.45, 7) is 0.481. The Balaban J connectivity index is 1.50. The highest BCUT2D eigenvalue weighted by Gasteiger charge is 2.17. The van der Waals surface area contributed by atoms with Crippen LogP contribution in [0.2, 0.25) is 5.15 Å². The molecular weight excluding hydrogens is 440 g/mol. The van der Waals surface area contributed by atoms with Crippen LogP contribution in [0.4, 0.5) is 5.82 Å². The number of halogens is 1. The van der Waals surface area contributed by atoms with Gasteiger partial charge in [0.1, 0.15) is 16.6 Å². The van der Waals surface area contributed by atoms with Crippen LogP contribution in [0.1, 0.15) is 15.9 Å². The van der Waals surface area contributed by atoms with E-state index in [1.54, 1.807) is 30.0 Å². The lowest BCUT2D eigenvalue weighted by atomic mass is 10.2. The zero-order chi connectivity index (χ0) is 22.8. The number of aromatic nitrogens is 5. The van der Waals surface area contributed by atoms with Gasteiger partial charge in [0.2, 0.25) is 0 Å². The van der Waals surface area contributed by atoms with Crippen LogP contribution < -0.4 is 10.1 Å². The second-order valence-corrected chi connectivity index (χ2v) is 7.73. The van der Waals surface area contributed by atoms with E-state index >= 15 is 0 Å². The SMILES string of the molecule is COc1ccc(Cn2nc(NC(=O)c3ccc(Cl)nc3)cc2-c2nc3ccccc3[nH]2)cc1. The quantitative estimate of drug-likeness (QED) is 0.357. The second-order valence-electron chi connectivity index (χ2n) is 7.35. The Labute approximate surface area is 194 Å². The molecule has 33 heavy (non-hydrogen) atoms. The van der Waals surface area contributed by atoms with Crippen LogP contribution in [0.15, 0.2) is 72.9 Å². The Hall–Kier alpha value is -4.17. The first kappa shape index (κ1) is 20.7. The number of hydrogen-bond donors (Lipinski definition) is 2. The minimum atomic E-state index is -0.329. The van der Waals surface area contributed by atoms with Crippen molar-refractivity contribution in [3.8, 4) is 17.3 Å². The molecule has 0 saturated heterocycles. The number of nitrogens with zero attached hydrogens (tertiary/aromatic N) is 4. The van der Waals surface area contributed by atoms with E-state index in [9.17, 15) is 4.79 Å². The molecule has 0 saturated carbocycles. The van der Waals surface area contributed by atoms with Crippen molar-refractivity contribution in [2.45, 2.75) is 6.54 Å². The van der Waals surface area contributed by atoms with Crippen molar-refractivity contribution in [2.75, 3.05) is 12.4 Å². The maximum atomic E-state index is 12.7. The van der Waals surface area contributed by atoms with E-state index < -0.39 is 0 Å². The largest absolute Gasteiger partial charge is 0.497 e. The molecule has 0 fully saturated rings. The summed E-state index contributed by atoms with van der Waals surface area (Å²) in [6, 6.07) is 20.5. The van der Waals surface area contributed by atoms with Crippen LogP contribution in [0, 0.1) is 0 Å². The molecule has 0 spiro atoms. The van der Waals surface area contributed by atoms with E-state index in [-0.39, 0.29) is 5.91 Å². The number of pyridine rings is 1. The predicted octanol–water partition coefficient (Wildman–Crippen LogP) is 4.78. The molecule has 164 valence electrons. The van der Waals surface area contributed by atoms with E-state index in [1.165, 1.54) is 6.20 Å². The molecule has 0 radical (unpaired) electrons. The molecule has 0 atom stereocenters. The molecule has 2 aromatic carbocycles. The van der Waals surface area contributed by atoms with Gasteiger partial charge in [0.05, 0.1) is 30.3 Å². The molecule has 5 aromatic rings. The summed E-state index contributed by atoms with van der Waals surface area (Å²) in [5.74, 6) is 1.51. The lowest BCUT2D eigenvalue weighted by Crippen LogP contribution is -2.13. The Morgan fingerprint density at radius 1 is 1.12 bits per heavy atom. The smallest absolute Gasteiger partial charge is 0.258 e. The van der Waals surface area contributed by atoms with Gasteiger partial charge in [-0.3, -0.25) is 9.48 Å². The van der Waals surface area contributed by atoms with Gasteiger partial charge in [-0.1, -0.05) is 35.9 Å². The zero-order valence-corrected chi connectivity index (χ0v) is 18.4. The second kappa shape index (κ2) is 8.76. The normalized spacial score (nSPS) is 11.0. The molecule has 8 nitrogen and oxygen atoms in total. The van der Waals surface area contributed by atoms with Crippen LogP contribution in [0.5, 0.6) is 5.75 Å². The maximum absolute atomic E-state index is 12.7. The van der Waals surface area contributed by atoms with Crippen molar-refractivity contribution in [1.82, 2.24) is 24.7 Å². The average molecular weight is 459 g/mol. The number of benzene rings is 2. The fourth-order valence-electron chi connectivity index (χ4n) is 3.47. The number of amides is 1. The van der Waals surface area contributed by atoms with Crippen molar-refractivity contribution >= 4 is 34.4 Å². The van der Waals surface area contributed by atoms with Gasteiger partial charge >= 0.3 is 0 Å². The Kier molecular flexibility index (Phi) is 5.50. The number of ether oxygens (including phenoxy) is 1. The molecule has 0 aliphatic rings. The summed E-state index contributed by atoms with van der Waals surface area (Å²) in [5, 5.41) is 7.78. The number of carbonyl (C=O) groups is 1. The summed E-state index contributed by atoms with van der Waals surface area (Å²) >= 11 is 5.82. The van der Waals surface area contributed by atoms with Crippen LogP contribution in [0.25, 0.3) is 22.6 Å². The van der Waals surface area contributed by atoms with E-state index in [4.69, 9.17) is 21.3 Å². The predicted molar refractivity (Wildman–Crippen MR) is 127 cm³/mol. The number of para-hydroxylation sites is 2. The van der Waals surface area contributed by atoms with E-state index in [1.807, 2.05) is 48.5 Å². The highest BCUT2D eigenvalue weighted by Crippen LogP contribution is 2.25. The molecule has 0 bridgehead atoms. The van der Waals surface area contributed by atoms with E-state index in [0.717, 1.165) is 28.0 Å². The van der Waals surface area contributed by atoms with E-state index in [0.29, 0.717) is 28.9 Å². The lowest BCUT2D eigenvalue weighted by Gasteiger charge is -2.07. The Morgan fingerprint density at radius 2 is 1.94 bits per heavy atom. The van der Waals surface area contributed by atoms with E-state index in [2.05, 4.69) is 20.4 Å². The third-order valence-electron chi connectivity index (χ3n) is 5.13. The number of rotatable bonds is 6. The standard InChI is InChI=1S/C24H19ClN6O2/c1-33-17-9-6-15(7-10-17)14-31-20(23-27-18-4-2-3-5-19(18)28-23)12-22(30-31)29-24(32)16-8-11-21(25)26-13-16/h2-13H,14H2,1H3,(H,27,28)(H,29,30,32). The van der Waals surface area contributed by atoms with Crippen molar-refractivity contribution in [3.63, 3.8) is 0 Å². The lowest BCUT2D eigenvalue weighted by molar-refractivity contribution is 0.102. The molecule has 1 amide bonds. The highest BCUT2D eigenvalue weighted by molar-refractivity contribution is 6.29. The van der Waals surface area contributed by atoms with Crippen molar-refractivity contribution in [2.24, 2.45) is 0 Å². The van der Waals surface area contributed by atoms with Crippen molar-refractivity contribution in [3.05, 3.63) is 89.2 Å². The zero-order valence-electron chi connectivity index (χ0n) is 17.6. The fraction of sp³-hybridized carbons (Fsp3) is 0.0833. The third-order valence-corrected chi connectivity index (χ3v) is 5.36. The minimum absolute atomic E-state index is 0.322. The van der Waals surface area contributed by atoms with Crippen LogP contribution in [-0.4, -0.2) is 37.7 Å². The maximum Gasteiger partial charge on any atom is 0.258 e. The van der Waals surface area contributed by atoms with Crippen LogP contribution in [-0.2, 0) is 6.54 Å². The van der Waals surface area contributed by atoms with Gasteiger partial charge in [-0.2, -0.15) is 5.10 Å². The first-order valence-electron chi connectivity index (χ1n) is 10.2. The molecule has 0 aliphatic carbocycles. The van der Waals surface area contributed by atoms with Gasteiger partial charge in [0.15, 0.2) is 11.6 Å². The molecule has 5 rings (SSSR count). The van der Waals surface area contributed by atoms with Gasteiger partial charge in [-0.05, 0) is 42.0 Å². The Morgan fingerprint density at radius 3 is 2.67 bits per heavy atom. The number of imidazole rings is 1. The van der Waals surface area contributed by atoms with Crippen molar-refractivity contribution < 1.29 is 9.53 Å². The summed E-state index contributed by atoms with van der Waals surface area (Å²) in [5.41, 5.74) is 3.92. The summed E-state index contributed by atoms with van der Waals surface area (Å²) in [6.07, 6.45) is 1.42. The minimum Gasteiger partial charge on any atom is -0.497 e. The third kappa shape index (κ3) is 4.42. The van der Waals surface area contributed by atoms with Gasteiger partial charge in [0, 0.05) is 12.3 Å². The topological polar surface area (TPSA) is 97.7 Å². The number of aromatic amines is 1. The number of H-pyrrole nitrogens is 1. The molecule has 9 heteroatoms. The number of fused-ring (bicyclic) bond motifs is 1. The van der Waals surface area contributed by atoms with Crippen LogP contribution in [0.3, 0.4) is 0 Å². The number of anilines is 1. The molecule has 2 N–H and O–H groups in total. The van der Waals surface area contributed by atoms with Crippen molar-refractivity contribution in [1.29, 1.82) is 0 Å². The number of methoxy groups -OCH3 is 1. The summed E-state index contributed by atoms with van der Waals surface area (Å²) in [7, 11) is 1.63. The fourth-order valence-corrected chi connectivity index (χ4v) is 3.58. The molecule has 3 heterocycles. The molecule has 3 aromatic heterocycles. The highest BCUT2D eigenvalue weighted by atomic mass is 35.5. The number of hydrogen-bond acceptors (Lipinski definition) is 5. The first-order valence-corrected chi connectivity index (χ1v) is 10.6. The monoisotopic (exact) mass is 458 g/mol. The average Bonchev–Trinajstić information content (AvgIpc) is 3.43. The summed E-state index contributed by atoms with van der Waals surface area (Å²) < 4.78 is 7.05. The van der Waals surface area contributed by atoms with Gasteiger partial charge in [0.25, 0.3) is 5.91 Å². The molecule has 0 aliphatic heterocycles. The van der Waals surface area contributed by atoms with Gasteiger partial charge < -0.3 is 15.0 Å². The molecule has 0 unspecified atom stereocenters.